The lowest BCUT2D eigenvalue weighted by Gasteiger charge is -2.16. The molecule has 6 N–H and O–H groups in total. The van der Waals surface area contributed by atoms with Crippen LogP contribution in [-0.2, 0) is 0 Å². The molecule has 0 saturated heterocycles. The summed E-state index contributed by atoms with van der Waals surface area (Å²) in [6.07, 6.45) is 0. The van der Waals surface area contributed by atoms with Crippen LogP contribution in [0.5, 0.6) is 0 Å². The molecule has 0 amide bonds. The predicted octanol–water partition coefficient (Wildman–Crippen LogP) is 1.74. The molecule has 100 valence electrons. The van der Waals surface area contributed by atoms with E-state index in [1.54, 1.807) is 0 Å². The van der Waals surface area contributed by atoms with E-state index in [-0.39, 0.29) is 5.25 Å². The number of thioether (sulfide) groups is 1. The molecule has 1 aromatic heterocycles. The Labute approximate surface area is 116 Å². The second-order valence-electron chi connectivity index (χ2n) is 4.20. The summed E-state index contributed by atoms with van der Waals surface area (Å²) in [5.41, 5.74) is 19.6. The third-order valence-corrected chi connectivity index (χ3v) is 3.87. The first-order valence-corrected chi connectivity index (χ1v) is 6.80. The summed E-state index contributed by atoms with van der Waals surface area (Å²) in [4.78, 5) is 8.34. The summed E-state index contributed by atoms with van der Waals surface area (Å²) in [6.45, 7) is 2.56. The summed E-state index contributed by atoms with van der Waals surface area (Å²) < 4.78 is 0. The zero-order valence-corrected chi connectivity index (χ0v) is 11.5. The summed E-state index contributed by atoms with van der Waals surface area (Å²) >= 11 is 1.48. The molecule has 6 heteroatoms. The molecular weight excluding hydrogens is 258 g/mol. The molecule has 0 aliphatic carbocycles. The van der Waals surface area contributed by atoms with Crippen molar-refractivity contribution in [3.05, 3.63) is 41.5 Å². The van der Waals surface area contributed by atoms with Crippen LogP contribution in [0.4, 0.5) is 11.6 Å². The molecule has 0 saturated carbocycles. The molecule has 0 bridgehead atoms. The van der Waals surface area contributed by atoms with Crippen LogP contribution in [0.15, 0.2) is 35.5 Å². The van der Waals surface area contributed by atoms with E-state index in [0.29, 0.717) is 23.3 Å². The van der Waals surface area contributed by atoms with Gasteiger partial charge in [0.1, 0.15) is 11.6 Å². The van der Waals surface area contributed by atoms with Crippen molar-refractivity contribution in [2.45, 2.75) is 17.3 Å². The van der Waals surface area contributed by atoms with Crippen molar-refractivity contribution >= 4 is 23.4 Å². The third kappa shape index (κ3) is 3.36. The summed E-state index contributed by atoms with van der Waals surface area (Å²) in [5.74, 6) is 0.742. The summed E-state index contributed by atoms with van der Waals surface area (Å²) in [6, 6.07) is 9.67. The molecule has 0 radical (unpaired) electrons. The number of aromatic nitrogens is 2. The topological polar surface area (TPSA) is 104 Å². The first kappa shape index (κ1) is 13.6. The number of anilines is 2. The molecule has 1 atom stereocenters. The van der Waals surface area contributed by atoms with Gasteiger partial charge in [0.2, 0.25) is 0 Å². The number of rotatable bonds is 4. The molecule has 0 spiro atoms. The molecule has 0 aliphatic rings. The molecule has 0 fully saturated rings. The number of nitrogen functional groups attached to an aromatic ring is 2. The Bertz CT molecular complexity index is 552. The molecule has 2 aromatic rings. The normalized spacial score (nSPS) is 12.3. The lowest BCUT2D eigenvalue weighted by Crippen LogP contribution is -2.11. The van der Waals surface area contributed by atoms with Crippen LogP contribution in [0, 0.1) is 6.92 Å². The predicted molar refractivity (Wildman–Crippen MR) is 79.7 cm³/mol. The van der Waals surface area contributed by atoms with Crippen LogP contribution in [-0.4, -0.2) is 16.5 Å². The average molecular weight is 275 g/mol. The highest BCUT2D eigenvalue weighted by atomic mass is 32.2. The monoisotopic (exact) mass is 275 g/mol. The van der Waals surface area contributed by atoms with Gasteiger partial charge in [-0.05, 0) is 18.1 Å². The van der Waals surface area contributed by atoms with Crippen molar-refractivity contribution in [2.24, 2.45) is 5.73 Å². The van der Waals surface area contributed by atoms with Gasteiger partial charge in [0.25, 0.3) is 0 Å². The Morgan fingerprint density at radius 1 is 1.16 bits per heavy atom. The van der Waals surface area contributed by atoms with Crippen LogP contribution in [0.25, 0.3) is 0 Å². The van der Waals surface area contributed by atoms with E-state index in [2.05, 4.69) is 29.0 Å². The molecule has 0 aliphatic heterocycles. The minimum atomic E-state index is 0.0856. The lowest BCUT2D eigenvalue weighted by molar-refractivity contribution is 0.908. The summed E-state index contributed by atoms with van der Waals surface area (Å²) in [7, 11) is 0. The zero-order chi connectivity index (χ0) is 13.8. The molecule has 1 aromatic carbocycles. The van der Waals surface area contributed by atoms with Crippen molar-refractivity contribution in [2.75, 3.05) is 18.0 Å². The van der Waals surface area contributed by atoms with Gasteiger partial charge >= 0.3 is 0 Å². The fraction of sp³-hybridized carbons (Fsp3) is 0.231. The van der Waals surface area contributed by atoms with Crippen LogP contribution in [0.1, 0.15) is 16.4 Å². The highest BCUT2D eigenvalue weighted by Gasteiger charge is 2.15. The number of benzene rings is 1. The van der Waals surface area contributed by atoms with Gasteiger partial charge in [0.15, 0.2) is 5.16 Å². The zero-order valence-electron chi connectivity index (χ0n) is 10.7. The van der Waals surface area contributed by atoms with Gasteiger partial charge in [-0.3, -0.25) is 0 Å². The van der Waals surface area contributed by atoms with E-state index in [0.717, 1.165) is 0 Å². The van der Waals surface area contributed by atoms with Crippen molar-refractivity contribution in [1.82, 2.24) is 9.97 Å². The molecule has 1 unspecified atom stereocenters. The van der Waals surface area contributed by atoms with E-state index < -0.39 is 0 Å². The molecule has 5 nitrogen and oxygen atoms in total. The van der Waals surface area contributed by atoms with Gasteiger partial charge in [-0.1, -0.05) is 36.0 Å². The maximum atomic E-state index is 5.86. The first-order chi connectivity index (χ1) is 9.10. The van der Waals surface area contributed by atoms with Gasteiger partial charge in [-0.15, -0.1) is 0 Å². The van der Waals surface area contributed by atoms with Gasteiger partial charge in [0.05, 0.1) is 0 Å². The Kier molecular flexibility index (Phi) is 4.24. The fourth-order valence-electron chi connectivity index (χ4n) is 1.83. The number of nitrogens with zero attached hydrogens (tertiary/aromatic N) is 2. The van der Waals surface area contributed by atoms with E-state index in [9.17, 15) is 0 Å². The van der Waals surface area contributed by atoms with Gasteiger partial charge in [0, 0.05) is 17.9 Å². The number of hydrogen-bond donors (Lipinski definition) is 3. The Balaban J connectivity index is 2.26. The number of nitrogens with two attached hydrogens (primary N) is 3. The van der Waals surface area contributed by atoms with Crippen LogP contribution >= 0.6 is 11.8 Å². The maximum absolute atomic E-state index is 5.86. The molecular formula is C13H17N5S. The Morgan fingerprint density at radius 3 is 2.37 bits per heavy atom. The molecule has 1 heterocycles. The maximum Gasteiger partial charge on any atom is 0.192 e. The number of hydrogen-bond acceptors (Lipinski definition) is 6. The van der Waals surface area contributed by atoms with E-state index in [1.807, 2.05) is 12.1 Å². The third-order valence-electron chi connectivity index (χ3n) is 2.74. The number of aryl methyl sites for hydroxylation is 1. The van der Waals surface area contributed by atoms with Crippen molar-refractivity contribution in [1.29, 1.82) is 0 Å². The molecule has 2 rings (SSSR count). The smallest absolute Gasteiger partial charge is 0.192 e. The van der Waals surface area contributed by atoms with Gasteiger partial charge in [-0.2, -0.15) is 0 Å². The van der Waals surface area contributed by atoms with Crippen molar-refractivity contribution in [3.8, 4) is 0 Å². The molecule has 19 heavy (non-hydrogen) atoms. The van der Waals surface area contributed by atoms with E-state index in [4.69, 9.17) is 17.2 Å². The van der Waals surface area contributed by atoms with E-state index >= 15 is 0 Å². The van der Waals surface area contributed by atoms with Crippen LogP contribution in [0.2, 0.25) is 0 Å². The largest absolute Gasteiger partial charge is 0.383 e. The highest BCUT2D eigenvalue weighted by molar-refractivity contribution is 7.99. The Hall–Kier alpha value is -1.79. The van der Waals surface area contributed by atoms with Crippen molar-refractivity contribution < 1.29 is 0 Å². The average Bonchev–Trinajstić information content (AvgIpc) is 2.36. The van der Waals surface area contributed by atoms with Gasteiger partial charge in [-0.25, -0.2) is 9.97 Å². The minimum Gasteiger partial charge on any atom is -0.383 e. The lowest BCUT2D eigenvalue weighted by atomic mass is 10.1. The summed E-state index contributed by atoms with van der Waals surface area (Å²) in [5, 5.41) is 0.638. The minimum absolute atomic E-state index is 0.0856. The quantitative estimate of drug-likeness (QED) is 0.580. The van der Waals surface area contributed by atoms with Crippen LogP contribution in [0.3, 0.4) is 0 Å². The van der Waals surface area contributed by atoms with E-state index in [1.165, 1.54) is 29.0 Å². The Morgan fingerprint density at radius 2 is 1.79 bits per heavy atom. The van der Waals surface area contributed by atoms with Gasteiger partial charge < -0.3 is 17.2 Å². The highest BCUT2D eigenvalue weighted by Crippen LogP contribution is 2.34. The van der Waals surface area contributed by atoms with Crippen molar-refractivity contribution in [3.63, 3.8) is 0 Å². The SMILES string of the molecule is Cc1ccccc1C(CN)Sc1nc(N)cc(N)n1. The first-order valence-electron chi connectivity index (χ1n) is 5.92. The fourth-order valence-corrected chi connectivity index (χ4v) is 2.89. The second kappa shape index (κ2) is 5.90. The van der Waals surface area contributed by atoms with Crippen LogP contribution < -0.4 is 17.2 Å². The second-order valence-corrected chi connectivity index (χ2v) is 5.37. The standard InChI is InChI=1S/C13H17N5S/c1-8-4-2-3-5-9(8)10(7-14)19-13-17-11(15)6-12(16)18-13/h2-6,10H,7,14H2,1H3,(H4,15,16,17,18).